The van der Waals surface area contributed by atoms with Gasteiger partial charge >= 0.3 is 6.18 Å². The molecule has 1 heterocycles. The topological polar surface area (TPSA) is 49.9 Å². The lowest BCUT2D eigenvalue weighted by atomic mass is 10.1. The molecule has 1 aliphatic carbocycles. The minimum Gasteiger partial charge on any atom is -0.373 e. The van der Waals surface area contributed by atoms with Crippen LogP contribution in [0.25, 0.3) is 0 Å². The highest BCUT2D eigenvalue weighted by Gasteiger charge is 2.34. The molecule has 0 unspecified atom stereocenters. The molecule has 4 rings (SSSR count). The van der Waals surface area contributed by atoms with Crippen molar-refractivity contribution < 1.29 is 27.5 Å². The summed E-state index contributed by atoms with van der Waals surface area (Å²) in [5.41, 5.74) is 1.13. The molecule has 2 aromatic carbocycles. The van der Waals surface area contributed by atoms with Crippen LogP contribution in [0.2, 0.25) is 0 Å². The van der Waals surface area contributed by atoms with Crippen LogP contribution >= 0.6 is 0 Å². The van der Waals surface area contributed by atoms with Crippen molar-refractivity contribution >= 4 is 11.8 Å². The first-order chi connectivity index (χ1) is 16.2. The Bertz CT molecular complexity index is 999. The summed E-state index contributed by atoms with van der Waals surface area (Å²) in [6, 6.07) is 11.9. The van der Waals surface area contributed by atoms with Gasteiger partial charge in [-0.15, -0.1) is 0 Å². The van der Waals surface area contributed by atoms with E-state index in [1.54, 1.807) is 4.90 Å². The fraction of sp³-hybridized carbons (Fsp3) is 0.462. The predicted octanol–water partition coefficient (Wildman–Crippen LogP) is 4.94. The molecule has 2 amide bonds. The summed E-state index contributed by atoms with van der Waals surface area (Å²) < 4.78 is 44.4. The van der Waals surface area contributed by atoms with Gasteiger partial charge in [0.05, 0.1) is 18.3 Å². The Morgan fingerprint density at radius 1 is 1.00 bits per heavy atom. The molecule has 1 saturated carbocycles. The Morgan fingerprint density at radius 3 is 2.24 bits per heavy atom. The zero-order valence-electron chi connectivity index (χ0n) is 19.2. The Kier molecular flexibility index (Phi) is 7.26. The first kappa shape index (κ1) is 24.3. The maximum atomic E-state index is 13.4. The van der Waals surface area contributed by atoms with Gasteiger partial charge < -0.3 is 14.5 Å². The van der Waals surface area contributed by atoms with Crippen LogP contribution in [0.3, 0.4) is 0 Å². The van der Waals surface area contributed by atoms with E-state index in [1.165, 1.54) is 12.1 Å². The summed E-state index contributed by atoms with van der Waals surface area (Å²) >= 11 is 0. The first-order valence-electron chi connectivity index (χ1n) is 11.7. The molecular weight excluding hydrogens is 445 g/mol. The van der Waals surface area contributed by atoms with Gasteiger partial charge in [-0.25, -0.2) is 0 Å². The van der Waals surface area contributed by atoms with E-state index in [4.69, 9.17) is 4.74 Å². The number of morpholine rings is 1. The number of amides is 2. The fourth-order valence-electron chi connectivity index (χ4n) is 4.69. The molecule has 2 aliphatic rings. The molecule has 0 radical (unpaired) electrons. The van der Waals surface area contributed by atoms with E-state index >= 15 is 0 Å². The summed E-state index contributed by atoms with van der Waals surface area (Å²) in [5.74, 6) is -0.374. The van der Waals surface area contributed by atoms with Crippen LogP contribution in [0.5, 0.6) is 0 Å². The highest BCUT2D eigenvalue weighted by atomic mass is 19.4. The molecule has 5 nitrogen and oxygen atoms in total. The van der Waals surface area contributed by atoms with Gasteiger partial charge in [0.1, 0.15) is 0 Å². The molecule has 2 aromatic rings. The van der Waals surface area contributed by atoms with E-state index < -0.39 is 11.7 Å². The molecule has 0 aromatic heterocycles. The number of halogens is 3. The highest BCUT2D eigenvalue weighted by molar-refractivity contribution is 5.95. The standard InChI is InChI=1S/C26H29F3N2O3/c1-18-6-8-20(9-7-18)25(33)31(22-4-2-3-5-22)17-23-16-30(14-15-34-23)24(32)19-10-12-21(13-11-19)26(27,28)29/h6-13,22-23H,2-5,14-17H2,1H3/t23-/m0/s1. The molecule has 1 aliphatic heterocycles. The maximum absolute atomic E-state index is 13.4. The molecule has 8 heteroatoms. The third-order valence-electron chi connectivity index (χ3n) is 6.61. The quantitative estimate of drug-likeness (QED) is 0.617. The minimum absolute atomic E-state index is 0.0401. The van der Waals surface area contributed by atoms with E-state index in [-0.39, 0.29) is 36.1 Å². The fourth-order valence-corrected chi connectivity index (χ4v) is 4.69. The van der Waals surface area contributed by atoms with Gasteiger partial charge in [0.15, 0.2) is 0 Å². The van der Waals surface area contributed by atoms with Crippen molar-refractivity contribution in [2.45, 2.75) is 50.9 Å². The second-order valence-corrected chi connectivity index (χ2v) is 9.08. The number of rotatable bonds is 5. The summed E-state index contributed by atoms with van der Waals surface area (Å²) in [6.45, 7) is 3.29. The molecule has 1 saturated heterocycles. The number of ether oxygens (including phenoxy) is 1. The first-order valence-corrected chi connectivity index (χ1v) is 11.7. The number of hydrogen-bond donors (Lipinski definition) is 0. The monoisotopic (exact) mass is 474 g/mol. The van der Waals surface area contributed by atoms with Gasteiger partial charge in [-0.05, 0) is 56.2 Å². The average Bonchev–Trinajstić information content (AvgIpc) is 3.36. The lowest BCUT2D eigenvalue weighted by Crippen LogP contribution is -2.52. The molecule has 1 atom stereocenters. The molecule has 182 valence electrons. The van der Waals surface area contributed by atoms with Crippen molar-refractivity contribution in [1.29, 1.82) is 0 Å². The van der Waals surface area contributed by atoms with Crippen LogP contribution in [0.4, 0.5) is 13.2 Å². The summed E-state index contributed by atoms with van der Waals surface area (Å²) in [7, 11) is 0. The van der Waals surface area contributed by atoms with E-state index in [1.807, 2.05) is 36.1 Å². The Morgan fingerprint density at radius 2 is 1.62 bits per heavy atom. The van der Waals surface area contributed by atoms with E-state index in [0.717, 1.165) is 43.4 Å². The number of alkyl halides is 3. The number of nitrogens with zero attached hydrogens (tertiary/aromatic N) is 2. The SMILES string of the molecule is Cc1ccc(C(=O)N(C[C@@H]2CN(C(=O)c3ccc(C(F)(F)F)cc3)CCO2)C2CCCC2)cc1. The number of benzene rings is 2. The van der Waals surface area contributed by atoms with Crippen LogP contribution < -0.4 is 0 Å². The normalized spacial score (nSPS) is 19.3. The summed E-state index contributed by atoms with van der Waals surface area (Å²) in [5, 5.41) is 0. The van der Waals surface area contributed by atoms with Crippen molar-refractivity contribution in [1.82, 2.24) is 9.80 Å². The highest BCUT2D eigenvalue weighted by Crippen LogP contribution is 2.30. The Hall–Kier alpha value is -2.87. The van der Waals surface area contributed by atoms with Crippen molar-refractivity contribution in [3.63, 3.8) is 0 Å². The van der Waals surface area contributed by atoms with Gasteiger partial charge in [0.2, 0.25) is 0 Å². The van der Waals surface area contributed by atoms with Crippen LogP contribution in [-0.4, -0.2) is 60.0 Å². The lowest BCUT2D eigenvalue weighted by molar-refractivity contribution is -0.137. The zero-order chi connectivity index (χ0) is 24.3. The smallest absolute Gasteiger partial charge is 0.373 e. The van der Waals surface area contributed by atoms with Gasteiger partial charge in [0, 0.05) is 36.8 Å². The van der Waals surface area contributed by atoms with Crippen LogP contribution in [0, 0.1) is 6.92 Å². The van der Waals surface area contributed by atoms with E-state index in [0.29, 0.717) is 25.3 Å². The molecule has 0 N–H and O–H groups in total. The number of carbonyl (C=O) groups excluding carboxylic acids is 2. The number of aryl methyl sites for hydroxylation is 1. The minimum atomic E-state index is -4.45. The lowest BCUT2D eigenvalue weighted by Gasteiger charge is -2.38. The van der Waals surface area contributed by atoms with Crippen molar-refractivity contribution in [2.24, 2.45) is 0 Å². The van der Waals surface area contributed by atoms with Crippen molar-refractivity contribution in [3.8, 4) is 0 Å². The second-order valence-electron chi connectivity index (χ2n) is 9.08. The molecule has 2 fully saturated rings. The maximum Gasteiger partial charge on any atom is 0.416 e. The summed E-state index contributed by atoms with van der Waals surface area (Å²) in [6.07, 6.45) is -0.767. The van der Waals surface area contributed by atoms with Crippen LogP contribution in [0.15, 0.2) is 48.5 Å². The van der Waals surface area contributed by atoms with Gasteiger partial charge in [-0.2, -0.15) is 13.2 Å². The van der Waals surface area contributed by atoms with Gasteiger partial charge in [-0.1, -0.05) is 30.5 Å². The summed E-state index contributed by atoms with van der Waals surface area (Å²) in [4.78, 5) is 29.8. The number of carbonyl (C=O) groups is 2. The van der Waals surface area contributed by atoms with E-state index in [2.05, 4.69) is 0 Å². The molecular formula is C26H29F3N2O3. The van der Waals surface area contributed by atoms with Crippen molar-refractivity contribution in [3.05, 3.63) is 70.8 Å². The van der Waals surface area contributed by atoms with Crippen LogP contribution in [0.1, 0.15) is 57.5 Å². The third kappa shape index (κ3) is 5.60. The Balaban J connectivity index is 1.45. The third-order valence-corrected chi connectivity index (χ3v) is 6.61. The second kappa shape index (κ2) is 10.2. The molecule has 34 heavy (non-hydrogen) atoms. The number of hydrogen-bond acceptors (Lipinski definition) is 3. The Labute approximate surface area is 197 Å². The molecule has 0 spiro atoms. The molecule has 0 bridgehead atoms. The largest absolute Gasteiger partial charge is 0.416 e. The van der Waals surface area contributed by atoms with Gasteiger partial charge in [0.25, 0.3) is 11.8 Å². The van der Waals surface area contributed by atoms with Gasteiger partial charge in [-0.3, -0.25) is 9.59 Å². The van der Waals surface area contributed by atoms with Crippen molar-refractivity contribution in [2.75, 3.05) is 26.2 Å². The average molecular weight is 475 g/mol. The van der Waals surface area contributed by atoms with E-state index in [9.17, 15) is 22.8 Å². The van der Waals surface area contributed by atoms with Crippen LogP contribution in [-0.2, 0) is 10.9 Å². The zero-order valence-corrected chi connectivity index (χ0v) is 19.2. The predicted molar refractivity (Wildman–Crippen MR) is 122 cm³/mol.